The molecular formula is C27H27ClN2O4S. The van der Waals surface area contributed by atoms with Gasteiger partial charge in [-0.2, -0.15) is 0 Å². The number of halogens is 1. The van der Waals surface area contributed by atoms with Crippen LogP contribution in [-0.4, -0.2) is 22.1 Å². The van der Waals surface area contributed by atoms with E-state index in [9.17, 15) is 8.42 Å². The largest absolute Gasteiger partial charge is 0.495 e. The molecule has 182 valence electrons. The smallest absolute Gasteiger partial charge is 0.262 e. The Balaban J connectivity index is 1.45. The highest BCUT2D eigenvalue weighted by molar-refractivity contribution is 7.92. The molecule has 8 heteroatoms. The maximum Gasteiger partial charge on any atom is 0.262 e. The first-order valence-electron chi connectivity index (χ1n) is 11.6. The van der Waals surface area contributed by atoms with Gasteiger partial charge in [-0.1, -0.05) is 35.9 Å². The zero-order chi connectivity index (χ0) is 24.6. The fourth-order valence-corrected chi connectivity index (χ4v) is 6.24. The lowest BCUT2D eigenvalue weighted by molar-refractivity contribution is 0.340. The molecule has 0 unspecified atom stereocenters. The Labute approximate surface area is 211 Å². The maximum atomic E-state index is 13.3. The first-order chi connectivity index (χ1) is 16.9. The number of nitrogens with one attached hydrogen (secondary N) is 2. The van der Waals surface area contributed by atoms with Crippen LogP contribution in [0, 0.1) is 5.92 Å². The predicted octanol–water partition coefficient (Wildman–Crippen LogP) is 6.37. The van der Waals surface area contributed by atoms with Crippen molar-refractivity contribution < 1.29 is 17.9 Å². The van der Waals surface area contributed by atoms with Crippen LogP contribution < -0.4 is 19.5 Å². The predicted molar refractivity (Wildman–Crippen MR) is 139 cm³/mol. The van der Waals surface area contributed by atoms with E-state index in [2.05, 4.69) is 34.3 Å². The Morgan fingerprint density at radius 1 is 1.09 bits per heavy atom. The zero-order valence-corrected chi connectivity index (χ0v) is 21.1. The van der Waals surface area contributed by atoms with E-state index >= 15 is 0 Å². The van der Waals surface area contributed by atoms with E-state index in [1.807, 2.05) is 25.1 Å². The molecule has 2 aliphatic rings. The van der Waals surface area contributed by atoms with Gasteiger partial charge in [-0.05, 0) is 78.9 Å². The third-order valence-corrected chi connectivity index (χ3v) is 8.20. The van der Waals surface area contributed by atoms with Crippen molar-refractivity contribution in [1.29, 1.82) is 0 Å². The number of methoxy groups -OCH3 is 1. The van der Waals surface area contributed by atoms with Crippen LogP contribution in [0.4, 0.5) is 11.4 Å². The highest BCUT2D eigenvalue weighted by Crippen LogP contribution is 2.50. The van der Waals surface area contributed by atoms with Gasteiger partial charge in [-0.15, -0.1) is 0 Å². The lowest BCUT2D eigenvalue weighted by atomic mass is 9.77. The van der Waals surface area contributed by atoms with Gasteiger partial charge in [0.05, 0.1) is 30.3 Å². The van der Waals surface area contributed by atoms with Crippen LogP contribution in [0.2, 0.25) is 5.02 Å². The summed E-state index contributed by atoms with van der Waals surface area (Å²) >= 11 is 6.08. The molecule has 1 heterocycles. The van der Waals surface area contributed by atoms with Crippen molar-refractivity contribution in [3.8, 4) is 11.5 Å². The molecule has 0 saturated heterocycles. The first kappa shape index (κ1) is 23.6. The van der Waals surface area contributed by atoms with Crippen LogP contribution in [0.1, 0.15) is 36.4 Å². The Morgan fingerprint density at radius 2 is 1.89 bits per heavy atom. The molecule has 0 fully saturated rings. The minimum Gasteiger partial charge on any atom is -0.495 e. The molecule has 3 atom stereocenters. The molecule has 2 N–H and O–H groups in total. The van der Waals surface area contributed by atoms with Crippen LogP contribution >= 0.6 is 11.6 Å². The molecular weight excluding hydrogens is 484 g/mol. The number of hydrogen-bond donors (Lipinski definition) is 2. The Bertz CT molecular complexity index is 1370. The van der Waals surface area contributed by atoms with Crippen molar-refractivity contribution in [2.24, 2.45) is 5.92 Å². The van der Waals surface area contributed by atoms with Gasteiger partial charge in [0, 0.05) is 16.6 Å². The molecule has 6 nitrogen and oxygen atoms in total. The van der Waals surface area contributed by atoms with E-state index in [0.29, 0.717) is 29.0 Å². The Morgan fingerprint density at radius 3 is 2.63 bits per heavy atom. The fraction of sp³-hybridized carbons (Fsp3) is 0.259. The molecule has 1 aliphatic heterocycles. The van der Waals surface area contributed by atoms with Crippen LogP contribution in [0.5, 0.6) is 11.5 Å². The van der Waals surface area contributed by atoms with E-state index in [0.717, 1.165) is 23.4 Å². The van der Waals surface area contributed by atoms with Gasteiger partial charge < -0.3 is 14.8 Å². The molecule has 3 aromatic rings. The molecule has 0 radical (unpaired) electrons. The van der Waals surface area contributed by atoms with Crippen molar-refractivity contribution in [2.45, 2.75) is 30.2 Å². The molecule has 5 rings (SSSR count). The van der Waals surface area contributed by atoms with E-state index < -0.39 is 10.0 Å². The van der Waals surface area contributed by atoms with Gasteiger partial charge >= 0.3 is 0 Å². The number of rotatable bonds is 7. The summed E-state index contributed by atoms with van der Waals surface area (Å²) in [5.74, 6) is 1.67. The van der Waals surface area contributed by atoms with Crippen molar-refractivity contribution in [1.82, 2.24) is 0 Å². The number of anilines is 2. The number of allylic oxidation sites excluding steroid dienone is 2. The lowest BCUT2D eigenvalue weighted by Crippen LogP contribution is -2.29. The standard InChI is InChI=1S/C27H27ClN2O4S/c1-3-34-19-10-7-17(8-11-19)27-22-6-4-5-21(22)23-16-20(12-13-24(23)29-27)35(31,32)30-25-15-18(28)9-14-26(25)33-2/h4-5,7-16,21-22,27,29-30H,3,6H2,1-2H3/t21-,22+,27+/m0/s1. The summed E-state index contributed by atoms with van der Waals surface area (Å²) in [5.41, 5.74) is 3.40. The molecule has 0 spiro atoms. The second-order valence-corrected chi connectivity index (χ2v) is 10.8. The van der Waals surface area contributed by atoms with Crippen LogP contribution in [0.15, 0.2) is 77.7 Å². The quantitative estimate of drug-likeness (QED) is 0.361. The third kappa shape index (κ3) is 4.58. The van der Waals surface area contributed by atoms with Crippen LogP contribution in [0.25, 0.3) is 0 Å². The second kappa shape index (κ2) is 9.47. The summed E-state index contributed by atoms with van der Waals surface area (Å²) in [6.45, 7) is 2.60. The van der Waals surface area contributed by atoms with Gasteiger partial charge in [0.15, 0.2) is 0 Å². The maximum absolute atomic E-state index is 13.3. The highest BCUT2D eigenvalue weighted by atomic mass is 35.5. The Kier molecular flexibility index (Phi) is 6.38. The molecule has 1 aliphatic carbocycles. The van der Waals surface area contributed by atoms with Gasteiger partial charge in [0.1, 0.15) is 11.5 Å². The molecule has 0 saturated carbocycles. The summed E-state index contributed by atoms with van der Waals surface area (Å²) < 4.78 is 40.0. The molecule has 0 bridgehead atoms. The number of fused-ring (bicyclic) bond motifs is 3. The average Bonchev–Trinajstić information content (AvgIpc) is 3.34. The topological polar surface area (TPSA) is 76.7 Å². The Hall–Kier alpha value is -3.16. The minimum atomic E-state index is -3.86. The third-order valence-electron chi connectivity index (χ3n) is 6.60. The average molecular weight is 511 g/mol. The monoisotopic (exact) mass is 510 g/mol. The molecule has 35 heavy (non-hydrogen) atoms. The number of ether oxygens (including phenoxy) is 2. The number of benzene rings is 3. The SMILES string of the molecule is CCOc1ccc([C@H]2Nc3ccc(S(=O)(=O)Nc4cc(Cl)ccc4OC)cc3[C@H]3C=CC[C@H]32)cc1. The summed E-state index contributed by atoms with van der Waals surface area (Å²) in [7, 11) is -2.37. The van der Waals surface area contributed by atoms with Gasteiger partial charge in [0.25, 0.3) is 10.0 Å². The van der Waals surface area contributed by atoms with Gasteiger partial charge in [-0.25, -0.2) is 8.42 Å². The summed E-state index contributed by atoms with van der Waals surface area (Å²) in [5, 5.41) is 4.07. The first-order valence-corrected chi connectivity index (χ1v) is 13.4. The fourth-order valence-electron chi connectivity index (χ4n) is 4.97. The summed E-state index contributed by atoms with van der Waals surface area (Å²) in [6.07, 6.45) is 5.30. The summed E-state index contributed by atoms with van der Waals surface area (Å²) in [4.78, 5) is 0.193. The van der Waals surface area contributed by atoms with Crippen molar-refractivity contribution >= 4 is 33.0 Å². The van der Waals surface area contributed by atoms with Crippen LogP contribution in [0.3, 0.4) is 0 Å². The van der Waals surface area contributed by atoms with Gasteiger partial charge in [-0.3, -0.25) is 4.72 Å². The minimum absolute atomic E-state index is 0.120. The normalized spacial score (nSPS) is 20.5. The van der Waals surface area contributed by atoms with Crippen molar-refractivity contribution in [2.75, 3.05) is 23.8 Å². The summed E-state index contributed by atoms with van der Waals surface area (Å²) in [6, 6.07) is 18.4. The van der Waals surface area contributed by atoms with E-state index in [1.54, 1.807) is 24.3 Å². The molecule has 0 amide bonds. The van der Waals surface area contributed by atoms with Crippen LogP contribution in [-0.2, 0) is 10.0 Å². The van der Waals surface area contributed by atoms with E-state index in [4.69, 9.17) is 21.1 Å². The molecule has 3 aromatic carbocycles. The van der Waals surface area contributed by atoms with E-state index in [1.165, 1.54) is 18.7 Å². The highest BCUT2D eigenvalue weighted by Gasteiger charge is 2.38. The van der Waals surface area contributed by atoms with Crippen molar-refractivity contribution in [3.05, 3.63) is 89.0 Å². The van der Waals surface area contributed by atoms with Crippen molar-refractivity contribution in [3.63, 3.8) is 0 Å². The zero-order valence-electron chi connectivity index (χ0n) is 19.5. The number of sulfonamides is 1. The lowest BCUT2D eigenvalue weighted by Gasteiger charge is -2.37. The molecule has 0 aromatic heterocycles. The second-order valence-electron chi connectivity index (χ2n) is 8.68. The van der Waals surface area contributed by atoms with E-state index in [-0.39, 0.29) is 16.9 Å². The van der Waals surface area contributed by atoms with Gasteiger partial charge in [0.2, 0.25) is 0 Å². The number of hydrogen-bond acceptors (Lipinski definition) is 5.